The van der Waals surface area contributed by atoms with Gasteiger partial charge in [0.15, 0.2) is 17.5 Å². The molecule has 5 rings (SSSR count). The first-order chi connectivity index (χ1) is 14.4. The topological polar surface area (TPSA) is 104 Å². The Bertz CT molecular complexity index is 1210. The third-order valence-corrected chi connectivity index (χ3v) is 8.09. The number of H-pyrrole nitrogens is 1. The Balaban J connectivity index is 1.40. The number of halogens is 2. The number of hydrogen-bond donors (Lipinski definition) is 2. The van der Waals surface area contributed by atoms with Gasteiger partial charge < -0.3 is 10.3 Å². The molecule has 1 aliphatic carbocycles. The second-order valence-corrected chi connectivity index (χ2v) is 10.4. The molecular formula is C19H20ClFN6O2S. The third-order valence-electron chi connectivity index (χ3n) is 5.51. The van der Waals surface area contributed by atoms with Crippen LogP contribution in [0.2, 0.25) is 5.02 Å². The smallest absolute Gasteiger partial charge is 0.217 e. The second-order valence-electron chi connectivity index (χ2n) is 7.73. The monoisotopic (exact) mass is 450 g/mol. The van der Waals surface area contributed by atoms with Crippen LogP contribution in [0.5, 0.6) is 0 Å². The Hall–Kier alpha value is -2.30. The van der Waals surface area contributed by atoms with E-state index in [1.165, 1.54) is 10.5 Å². The summed E-state index contributed by atoms with van der Waals surface area (Å²) in [6.45, 7) is 0.821. The van der Waals surface area contributed by atoms with E-state index >= 15 is 0 Å². The number of piperidine rings is 1. The van der Waals surface area contributed by atoms with Gasteiger partial charge in [0.25, 0.3) is 0 Å². The first-order valence-electron chi connectivity index (χ1n) is 9.83. The fourth-order valence-electron chi connectivity index (χ4n) is 3.82. The maximum absolute atomic E-state index is 14.5. The normalized spacial score (nSPS) is 20.5. The van der Waals surface area contributed by atoms with Gasteiger partial charge >= 0.3 is 0 Å². The minimum atomic E-state index is -3.25. The largest absolute Gasteiger partial charge is 0.363 e. The molecule has 1 atom stereocenters. The first-order valence-corrected chi connectivity index (χ1v) is 11.7. The van der Waals surface area contributed by atoms with E-state index in [2.05, 4.69) is 25.3 Å². The SMILES string of the molecule is O=S(=O)(C1CC1)N1CCC[C@H](Nc2nc(-c3c[nH]c4ncc(Cl)cc34)ncc2F)C1. The molecule has 0 bridgehead atoms. The van der Waals surface area contributed by atoms with Gasteiger partial charge in [-0.1, -0.05) is 11.6 Å². The summed E-state index contributed by atoms with van der Waals surface area (Å²) in [7, 11) is -3.25. The predicted molar refractivity (Wildman–Crippen MR) is 112 cm³/mol. The van der Waals surface area contributed by atoms with E-state index in [0.29, 0.717) is 35.1 Å². The average molecular weight is 451 g/mol. The van der Waals surface area contributed by atoms with Crippen LogP contribution in [-0.4, -0.2) is 57.0 Å². The van der Waals surface area contributed by atoms with Crippen molar-refractivity contribution in [1.29, 1.82) is 0 Å². The van der Waals surface area contributed by atoms with Crippen LogP contribution >= 0.6 is 11.6 Å². The molecule has 3 aromatic rings. The molecule has 2 N–H and O–H groups in total. The molecule has 2 aliphatic rings. The summed E-state index contributed by atoms with van der Waals surface area (Å²) < 4.78 is 41.1. The molecule has 11 heteroatoms. The van der Waals surface area contributed by atoms with Crippen LogP contribution in [0.25, 0.3) is 22.4 Å². The van der Waals surface area contributed by atoms with Crippen molar-refractivity contribution in [2.45, 2.75) is 37.0 Å². The summed E-state index contributed by atoms with van der Waals surface area (Å²) in [6.07, 6.45) is 7.26. The number of rotatable bonds is 5. The van der Waals surface area contributed by atoms with Crippen molar-refractivity contribution in [2.75, 3.05) is 18.4 Å². The number of nitrogens with zero attached hydrogens (tertiary/aromatic N) is 4. The molecule has 158 valence electrons. The van der Waals surface area contributed by atoms with Crippen molar-refractivity contribution in [3.05, 3.63) is 35.5 Å². The molecule has 0 spiro atoms. The lowest BCUT2D eigenvalue weighted by Crippen LogP contribution is -2.46. The highest BCUT2D eigenvalue weighted by molar-refractivity contribution is 7.90. The van der Waals surface area contributed by atoms with E-state index in [0.717, 1.165) is 37.3 Å². The number of aromatic amines is 1. The molecule has 0 aromatic carbocycles. The van der Waals surface area contributed by atoms with Gasteiger partial charge in [-0.15, -0.1) is 0 Å². The molecular weight excluding hydrogens is 431 g/mol. The van der Waals surface area contributed by atoms with E-state index in [-0.39, 0.29) is 17.1 Å². The third kappa shape index (κ3) is 3.63. The zero-order valence-corrected chi connectivity index (χ0v) is 17.5. The highest BCUT2D eigenvalue weighted by Gasteiger charge is 2.41. The van der Waals surface area contributed by atoms with Gasteiger partial charge in [-0.05, 0) is 31.7 Å². The summed E-state index contributed by atoms with van der Waals surface area (Å²) in [4.78, 5) is 15.7. The van der Waals surface area contributed by atoms with Crippen molar-refractivity contribution in [1.82, 2.24) is 24.2 Å². The van der Waals surface area contributed by atoms with Crippen LogP contribution in [0.1, 0.15) is 25.7 Å². The van der Waals surface area contributed by atoms with Crippen molar-refractivity contribution in [2.24, 2.45) is 0 Å². The standard InChI is InChI=1S/C19H20ClFN6O2S/c20-11-6-14-15(8-23-17(14)22-7-11)18-24-9-16(21)19(26-18)25-12-2-1-5-27(10-12)30(28,29)13-3-4-13/h6-9,12-13H,1-5,10H2,(H,22,23)(H,24,25,26)/t12-/m0/s1. The number of sulfonamides is 1. The van der Waals surface area contributed by atoms with Crippen LogP contribution in [-0.2, 0) is 10.0 Å². The van der Waals surface area contributed by atoms with Gasteiger partial charge in [-0.25, -0.2) is 27.8 Å². The highest BCUT2D eigenvalue weighted by Crippen LogP contribution is 2.33. The van der Waals surface area contributed by atoms with Crippen LogP contribution < -0.4 is 5.32 Å². The molecule has 1 saturated heterocycles. The van der Waals surface area contributed by atoms with E-state index in [1.54, 1.807) is 12.3 Å². The summed E-state index contributed by atoms with van der Waals surface area (Å²) in [5.74, 6) is -0.204. The van der Waals surface area contributed by atoms with Crippen molar-refractivity contribution >= 4 is 38.5 Å². The van der Waals surface area contributed by atoms with Crippen LogP contribution in [0.4, 0.5) is 10.2 Å². The number of fused-ring (bicyclic) bond motifs is 1. The Morgan fingerprint density at radius 3 is 2.87 bits per heavy atom. The number of nitrogens with one attached hydrogen (secondary N) is 2. The molecule has 8 nitrogen and oxygen atoms in total. The highest BCUT2D eigenvalue weighted by atomic mass is 35.5. The Labute approximate surface area is 177 Å². The molecule has 1 saturated carbocycles. The van der Waals surface area contributed by atoms with Gasteiger partial charge in [-0.3, -0.25) is 0 Å². The Morgan fingerprint density at radius 1 is 1.23 bits per heavy atom. The summed E-state index contributed by atoms with van der Waals surface area (Å²) in [5.41, 5.74) is 1.29. The Morgan fingerprint density at radius 2 is 2.07 bits per heavy atom. The van der Waals surface area contributed by atoms with Crippen LogP contribution in [0.15, 0.2) is 24.7 Å². The lowest BCUT2D eigenvalue weighted by Gasteiger charge is -2.32. The van der Waals surface area contributed by atoms with E-state index in [4.69, 9.17) is 11.6 Å². The van der Waals surface area contributed by atoms with Gasteiger partial charge in [0.2, 0.25) is 10.0 Å². The summed E-state index contributed by atoms with van der Waals surface area (Å²) in [6, 6.07) is 1.53. The molecule has 30 heavy (non-hydrogen) atoms. The van der Waals surface area contributed by atoms with Crippen LogP contribution in [0.3, 0.4) is 0 Å². The number of hydrogen-bond acceptors (Lipinski definition) is 6. The summed E-state index contributed by atoms with van der Waals surface area (Å²) in [5, 5.41) is 4.05. The van der Waals surface area contributed by atoms with E-state index in [1.807, 2.05) is 0 Å². The molecule has 3 aromatic heterocycles. The molecule has 0 amide bonds. The van der Waals surface area contributed by atoms with Gasteiger partial charge in [-0.2, -0.15) is 4.31 Å². The van der Waals surface area contributed by atoms with E-state index in [9.17, 15) is 12.8 Å². The minimum absolute atomic E-state index is 0.0556. The fourth-order valence-corrected chi connectivity index (χ4v) is 5.91. The minimum Gasteiger partial charge on any atom is -0.363 e. The van der Waals surface area contributed by atoms with Crippen molar-refractivity contribution in [3.63, 3.8) is 0 Å². The average Bonchev–Trinajstić information content (AvgIpc) is 3.51. The second kappa shape index (κ2) is 7.44. The maximum atomic E-state index is 14.5. The zero-order chi connectivity index (χ0) is 20.9. The molecule has 0 unspecified atom stereocenters. The predicted octanol–water partition coefficient (Wildman–Crippen LogP) is 3.18. The quantitative estimate of drug-likeness (QED) is 0.618. The molecule has 1 aliphatic heterocycles. The van der Waals surface area contributed by atoms with Gasteiger partial charge in [0, 0.05) is 42.5 Å². The van der Waals surface area contributed by atoms with Gasteiger partial charge in [0.05, 0.1) is 16.5 Å². The molecule has 4 heterocycles. The molecule has 2 fully saturated rings. The number of anilines is 1. The van der Waals surface area contributed by atoms with Crippen molar-refractivity contribution in [3.8, 4) is 11.4 Å². The van der Waals surface area contributed by atoms with Crippen molar-refractivity contribution < 1.29 is 12.8 Å². The maximum Gasteiger partial charge on any atom is 0.217 e. The lowest BCUT2D eigenvalue weighted by atomic mass is 10.1. The van der Waals surface area contributed by atoms with Gasteiger partial charge in [0.1, 0.15) is 5.65 Å². The van der Waals surface area contributed by atoms with Crippen LogP contribution in [0, 0.1) is 5.82 Å². The fraction of sp³-hybridized carbons (Fsp3) is 0.421. The van der Waals surface area contributed by atoms with E-state index < -0.39 is 15.8 Å². The number of pyridine rings is 1. The lowest BCUT2D eigenvalue weighted by molar-refractivity contribution is 0.325. The first kappa shape index (κ1) is 19.7. The molecule has 0 radical (unpaired) electrons. The Kier molecular flexibility index (Phi) is 4.87. The summed E-state index contributed by atoms with van der Waals surface area (Å²) >= 11 is 6.05. The number of aromatic nitrogens is 4. The zero-order valence-electron chi connectivity index (χ0n) is 16.0.